The van der Waals surface area contributed by atoms with Gasteiger partial charge in [-0.1, -0.05) is 70.5 Å². The number of nitrogens with zero attached hydrogens (tertiary/aromatic N) is 1. The summed E-state index contributed by atoms with van der Waals surface area (Å²) in [7, 11) is 0. The predicted molar refractivity (Wildman–Crippen MR) is 152 cm³/mol. The summed E-state index contributed by atoms with van der Waals surface area (Å²) in [5.74, 6) is -3.56. The van der Waals surface area contributed by atoms with Crippen LogP contribution < -0.4 is 10.2 Å². The van der Waals surface area contributed by atoms with Crippen molar-refractivity contribution in [2.75, 3.05) is 10.2 Å². The van der Waals surface area contributed by atoms with Gasteiger partial charge in [0, 0.05) is 17.2 Å². The lowest BCUT2D eigenvalue weighted by molar-refractivity contribution is -0.122. The van der Waals surface area contributed by atoms with Gasteiger partial charge in [-0.05, 0) is 64.7 Å². The number of anilines is 2. The van der Waals surface area contributed by atoms with Crippen LogP contribution in [0, 0.1) is 11.8 Å². The molecule has 2 bridgehead atoms. The minimum absolute atomic E-state index is 0.107. The van der Waals surface area contributed by atoms with Crippen molar-refractivity contribution in [1.29, 1.82) is 0 Å². The van der Waals surface area contributed by atoms with Crippen LogP contribution in [0.25, 0.3) is 0 Å². The normalized spacial score (nSPS) is 23.8. The van der Waals surface area contributed by atoms with E-state index >= 15 is 0 Å². The smallest absolute Gasteiger partial charge is 0.335 e. The van der Waals surface area contributed by atoms with Gasteiger partial charge >= 0.3 is 5.97 Å². The second-order valence-corrected chi connectivity index (χ2v) is 11.5. The molecule has 8 rings (SSSR count). The monoisotopic (exact) mass is 592 g/mol. The highest BCUT2D eigenvalue weighted by atomic mass is 79.9. The molecule has 1 saturated heterocycles. The molecule has 0 saturated carbocycles. The van der Waals surface area contributed by atoms with E-state index in [0.717, 1.165) is 22.3 Å². The lowest BCUT2D eigenvalue weighted by atomic mass is 9.55. The average molecular weight is 593 g/mol. The van der Waals surface area contributed by atoms with Gasteiger partial charge in [-0.15, -0.1) is 0 Å². The summed E-state index contributed by atoms with van der Waals surface area (Å²) in [6, 6.07) is 28.2. The molecule has 7 nitrogen and oxygen atoms in total. The van der Waals surface area contributed by atoms with E-state index in [4.69, 9.17) is 5.11 Å². The van der Waals surface area contributed by atoms with Crippen LogP contribution in [0.5, 0.6) is 0 Å². The van der Waals surface area contributed by atoms with Crippen LogP contribution in [0.15, 0.2) is 97.1 Å². The van der Waals surface area contributed by atoms with Crippen LogP contribution in [0.1, 0.15) is 48.9 Å². The van der Waals surface area contributed by atoms with Crippen LogP contribution in [0.4, 0.5) is 11.4 Å². The molecule has 8 heteroatoms. The van der Waals surface area contributed by atoms with E-state index in [2.05, 4.69) is 21.2 Å². The molecular weight excluding hydrogens is 572 g/mol. The van der Waals surface area contributed by atoms with Crippen LogP contribution in [-0.2, 0) is 13.9 Å². The van der Waals surface area contributed by atoms with Gasteiger partial charge in [0.1, 0.15) is 0 Å². The van der Waals surface area contributed by atoms with Crippen LogP contribution in [0.2, 0.25) is 0 Å². The zero-order valence-corrected chi connectivity index (χ0v) is 22.5. The second-order valence-electron chi connectivity index (χ2n) is 10.3. The van der Waals surface area contributed by atoms with E-state index in [1.165, 1.54) is 35.2 Å². The number of carboxylic acid groups (broad SMARTS) is 1. The molecule has 3 aliphatic carbocycles. The maximum Gasteiger partial charge on any atom is 0.335 e. The molecule has 0 unspecified atom stereocenters. The molecule has 2 N–H and O–H groups in total. The third kappa shape index (κ3) is 3.29. The zero-order chi connectivity index (χ0) is 27.8. The summed E-state index contributed by atoms with van der Waals surface area (Å²) in [6.07, 6.45) is 0. The zero-order valence-electron chi connectivity index (χ0n) is 20.9. The number of carbonyl (C=O) groups is 4. The average Bonchev–Trinajstić information content (AvgIpc) is 3.24. The first-order valence-corrected chi connectivity index (χ1v) is 13.6. The Balaban J connectivity index is 1.25. The highest BCUT2D eigenvalue weighted by Crippen LogP contribution is 2.66. The van der Waals surface area contributed by atoms with Crippen LogP contribution in [0.3, 0.4) is 0 Å². The van der Waals surface area contributed by atoms with Gasteiger partial charge in [-0.2, -0.15) is 0 Å². The number of carbonyl (C=O) groups excluding carboxylic acids is 3. The summed E-state index contributed by atoms with van der Waals surface area (Å²) in [6.45, 7) is 0. The number of alkyl halides is 1. The van der Waals surface area contributed by atoms with E-state index < -0.39 is 28.0 Å². The molecule has 3 amide bonds. The Morgan fingerprint density at radius 3 is 2.02 bits per heavy atom. The number of hydrogen-bond acceptors (Lipinski definition) is 4. The Morgan fingerprint density at radius 1 is 0.775 bits per heavy atom. The topological polar surface area (TPSA) is 104 Å². The van der Waals surface area contributed by atoms with Crippen molar-refractivity contribution in [1.82, 2.24) is 0 Å². The first-order valence-electron chi connectivity index (χ1n) is 12.8. The molecule has 0 spiro atoms. The standard InChI is InChI=1S/C32H21BrN2O5/c33-32-23-10-3-1-8-21(23)25(22-9-2-4-11-24(22)32)26-27(32)30(38)35(29(26)37)20-7-5-6-18(16-20)28(36)34-19-14-12-17(13-15-19)31(39)40/h1-16,25-27H,(H,34,36)(H,39,40)/t25?,26-,27+,32?/m1/s1. The molecule has 1 fully saturated rings. The highest BCUT2D eigenvalue weighted by molar-refractivity contribution is 9.09. The fourth-order valence-electron chi connectivity index (χ4n) is 6.62. The van der Waals surface area contributed by atoms with Crippen molar-refractivity contribution in [3.8, 4) is 0 Å². The van der Waals surface area contributed by atoms with Gasteiger partial charge in [0.2, 0.25) is 11.8 Å². The molecular formula is C32H21BrN2O5. The fourth-order valence-corrected chi connectivity index (χ4v) is 7.82. The molecule has 0 radical (unpaired) electrons. The molecule has 4 aromatic rings. The van der Waals surface area contributed by atoms with E-state index in [1.54, 1.807) is 18.2 Å². The maximum atomic E-state index is 14.2. The van der Waals surface area contributed by atoms with Gasteiger partial charge < -0.3 is 10.4 Å². The quantitative estimate of drug-likeness (QED) is 0.239. The van der Waals surface area contributed by atoms with Gasteiger partial charge in [0.15, 0.2) is 0 Å². The largest absolute Gasteiger partial charge is 0.478 e. The number of imide groups is 1. The Kier molecular flexibility index (Phi) is 5.34. The number of amides is 3. The molecule has 4 aromatic carbocycles. The number of nitrogens with one attached hydrogen (secondary N) is 1. The van der Waals surface area contributed by atoms with E-state index in [9.17, 15) is 19.2 Å². The Bertz CT molecular complexity index is 1720. The summed E-state index contributed by atoms with van der Waals surface area (Å²) in [5.41, 5.74) is 5.23. The molecule has 0 aromatic heterocycles. The summed E-state index contributed by atoms with van der Waals surface area (Å²) in [4.78, 5) is 53.6. The lowest BCUT2D eigenvalue weighted by Crippen LogP contribution is -2.50. The van der Waals surface area contributed by atoms with E-state index in [-0.39, 0.29) is 28.9 Å². The molecule has 4 aliphatic rings. The predicted octanol–water partition coefficient (Wildman–Crippen LogP) is 5.54. The Morgan fingerprint density at radius 2 is 1.40 bits per heavy atom. The lowest BCUT2D eigenvalue weighted by Gasteiger charge is -2.51. The van der Waals surface area contributed by atoms with E-state index in [0.29, 0.717) is 11.4 Å². The maximum absolute atomic E-state index is 14.2. The van der Waals surface area contributed by atoms with Gasteiger partial charge in [0.05, 0.1) is 27.4 Å². The number of rotatable bonds is 4. The molecule has 1 aliphatic heterocycles. The number of aromatic carboxylic acids is 1. The van der Waals surface area contributed by atoms with Gasteiger partial charge in [0.25, 0.3) is 5.91 Å². The first kappa shape index (κ1) is 24.5. The number of benzene rings is 4. The summed E-state index contributed by atoms with van der Waals surface area (Å²) >= 11 is 3.99. The molecule has 40 heavy (non-hydrogen) atoms. The van der Waals surface area contributed by atoms with Crippen molar-refractivity contribution in [2.24, 2.45) is 11.8 Å². The van der Waals surface area contributed by atoms with Crippen molar-refractivity contribution >= 4 is 51.0 Å². The molecule has 1 heterocycles. The van der Waals surface area contributed by atoms with Crippen molar-refractivity contribution in [3.63, 3.8) is 0 Å². The van der Waals surface area contributed by atoms with Crippen LogP contribution in [-0.4, -0.2) is 28.8 Å². The second kappa shape index (κ2) is 8.72. The van der Waals surface area contributed by atoms with Crippen LogP contribution >= 0.6 is 15.9 Å². The van der Waals surface area contributed by atoms with Gasteiger partial charge in [-0.25, -0.2) is 9.69 Å². The molecule has 2 atom stereocenters. The van der Waals surface area contributed by atoms with E-state index in [1.807, 2.05) is 48.5 Å². The summed E-state index contributed by atoms with van der Waals surface area (Å²) in [5, 5.41) is 11.8. The SMILES string of the molecule is O=C(O)c1ccc(NC(=O)c2cccc(N3C(=O)[C@@H]4C5c6ccccc6C(Br)(c6ccccc65)[C@@H]4C3=O)c2)cc1. The number of carboxylic acids is 1. The third-order valence-corrected chi connectivity index (χ3v) is 9.62. The summed E-state index contributed by atoms with van der Waals surface area (Å²) < 4.78 is -0.849. The van der Waals surface area contributed by atoms with Crippen molar-refractivity contribution in [3.05, 3.63) is 130 Å². The third-order valence-electron chi connectivity index (χ3n) is 8.27. The number of halogens is 1. The fraction of sp³-hybridized carbons (Fsp3) is 0.125. The van der Waals surface area contributed by atoms with Crippen molar-refractivity contribution in [2.45, 2.75) is 10.2 Å². The minimum Gasteiger partial charge on any atom is -0.478 e. The van der Waals surface area contributed by atoms with Crippen molar-refractivity contribution < 1.29 is 24.3 Å². The molecule has 196 valence electrons. The minimum atomic E-state index is -1.06. The Labute approximate surface area is 237 Å². The van der Waals surface area contributed by atoms with Gasteiger partial charge in [-0.3, -0.25) is 14.4 Å². The Hall–Kier alpha value is -4.56. The highest BCUT2D eigenvalue weighted by Gasteiger charge is 2.67. The first-order chi connectivity index (χ1) is 19.3. The number of hydrogen-bond donors (Lipinski definition) is 2.